The molecule has 1 fully saturated rings. The summed E-state index contributed by atoms with van der Waals surface area (Å²) in [6.07, 6.45) is 0. The van der Waals surface area contributed by atoms with Gasteiger partial charge in [0.05, 0.1) is 6.04 Å². The molecule has 1 saturated heterocycles. The molecule has 13 heavy (non-hydrogen) atoms. The Morgan fingerprint density at radius 3 is 2.77 bits per heavy atom. The Labute approximate surface area is 84.6 Å². The molecule has 0 aromatic carbocycles. The van der Waals surface area contributed by atoms with Crippen LogP contribution < -0.4 is 5.73 Å². The Kier molecular flexibility index (Phi) is 3.62. The first-order chi connectivity index (χ1) is 6.04. The molecule has 3 N–H and O–H groups in total. The van der Waals surface area contributed by atoms with E-state index in [-0.39, 0.29) is 11.9 Å². The smallest absolute Gasteiger partial charge is 0.108 e. The molecular weight excluding hydrogens is 182 g/mol. The van der Waals surface area contributed by atoms with Gasteiger partial charge in [-0.25, -0.2) is 0 Å². The molecule has 76 valence electrons. The fourth-order valence-electron chi connectivity index (χ4n) is 1.68. The maximum Gasteiger partial charge on any atom is 0.108 e. The van der Waals surface area contributed by atoms with Crippen molar-refractivity contribution in [3.63, 3.8) is 0 Å². The number of thioether (sulfide) groups is 1. The summed E-state index contributed by atoms with van der Waals surface area (Å²) in [6.45, 7) is 7.53. The van der Waals surface area contributed by atoms with E-state index in [4.69, 9.17) is 11.1 Å². The highest BCUT2D eigenvalue weighted by Gasteiger charge is 2.29. The summed E-state index contributed by atoms with van der Waals surface area (Å²) in [7, 11) is 0. The van der Waals surface area contributed by atoms with Crippen molar-refractivity contribution in [1.29, 1.82) is 5.41 Å². The zero-order valence-electron chi connectivity index (χ0n) is 8.58. The van der Waals surface area contributed by atoms with Crippen molar-refractivity contribution in [3.8, 4) is 0 Å². The number of amidine groups is 1. The fourth-order valence-corrected chi connectivity index (χ4v) is 2.80. The van der Waals surface area contributed by atoms with Crippen LogP contribution in [0.15, 0.2) is 0 Å². The van der Waals surface area contributed by atoms with E-state index in [2.05, 4.69) is 18.7 Å². The fraction of sp³-hybridized carbons (Fsp3) is 0.889. The molecule has 1 aliphatic heterocycles. The summed E-state index contributed by atoms with van der Waals surface area (Å²) >= 11 is 2.01. The lowest BCUT2D eigenvalue weighted by molar-refractivity contribution is 0.193. The second kappa shape index (κ2) is 4.33. The number of nitrogens with one attached hydrogen (secondary N) is 1. The monoisotopic (exact) mass is 201 g/mol. The van der Waals surface area contributed by atoms with Crippen LogP contribution in [0.2, 0.25) is 0 Å². The molecule has 0 aromatic rings. The second-order valence-electron chi connectivity index (χ2n) is 3.69. The van der Waals surface area contributed by atoms with E-state index in [1.165, 1.54) is 0 Å². The van der Waals surface area contributed by atoms with Gasteiger partial charge >= 0.3 is 0 Å². The minimum absolute atomic E-state index is 0.0957. The minimum Gasteiger partial charge on any atom is -0.386 e. The molecule has 0 saturated carbocycles. The Hall–Kier alpha value is -0.220. The third-order valence-electron chi connectivity index (χ3n) is 2.88. The van der Waals surface area contributed by atoms with Crippen LogP contribution in [0.5, 0.6) is 0 Å². The number of rotatable bonds is 2. The van der Waals surface area contributed by atoms with Crippen LogP contribution in [0.25, 0.3) is 0 Å². The van der Waals surface area contributed by atoms with Crippen LogP contribution in [0.4, 0.5) is 0 Å². The highest BCUT2D eigenvalue weighted by Crippen LogP contribution is 2.25. The van der Waals surface area contributed by atoms with Gasteiger partial charge in [0, 0.05) is 23.6 Å². The van der Waals surface area contributed by atoms with Gasteiger partial charge in [-0.1, -0.05) is 6.92 Å². The second-order valence-corrected chi connectivity index (χ2v) is 5.17. The Balaban J connectivity index is 2.62. The average molecular weight is 201 g/mol. The maximum absolute atomic E-state index is 7.42. The van der Waals surface area contributed by atoms with Crippen molar-refractivity contribution in [2.45, 2.75) is 38.1 Å². The zero-order chi connectivity index (χ0) is 10.0. The van der Waals surface area contributed by atoms with Crippen molar-refractivity contribution in [2.24, 2.45) is 5.73 Å². The Morgan fingerprint density at radius 1 is 1.62 bits per heavy atom. The van der Waals surface area contributed by atoms with Gasteiger partial charge in [-0.3, -0.25) is 10.3 Å². The van der Waals surface area contributed by atoms with Gasteiger partial charge in [0.25, 0.3) is 0 Å². The molecule has 3 nitrogen and oxygen atoms in total. The number of nitrogens with zero attached hydrogens (tertiary/aromatic N) is 1. The molecule has 0 aliphatic carbocycles. The van der Waals surface area contributed by atoms with Crippen LogP contribution >= 0.6 is 11.8 Å². The molecule has 1 heterocycles. The lowest BCUT2D eigenvalue weighted by Gasteiger charge is -2.40. The van der Waals surface area contributed by atoms with Crippen LogP contribution in [0, 0.1) is 5.41 Å². The molecule has 0 aromatic heterocycles. The predicted octanol–water partition coefficient (Wildman–Crippen LogP) is 1.14. The van der Waals surface area contributed by atoms with E-state index >= 15 is 0 Å². The number of hydrogen-bond donors (Lipinski definition) is 2. The summed E-state index contributed by atoms with van der Waals surface area (Å²) in [6, 6.07) is 0.621. The van der Waals surface area contributed by atoms with Gasteiger partial charge in [0.2, 0.25) is 0 Å². The molecule has 0 amide bonds. The van der Waals surface area contributed by atoms with Crippen LogP contribution in [-0.4, -0.2) is 40.4 Å². The van der Waals surface area contributed by atoms with Crippen LogP contribution in [0.3, 0.4) is 0 Å². The summed E-state index contributed by atoms with van der Waals surface area (Å²) in [5.74, 6) is 1.44. The molecule has 3 atom stereocenters. The number of nitrogens with two attached hydrogens (primary N) is 1. The molecule has 1 aliphatic rings. The number of hydrogen-bond acceptors (Lipinski definition) is 3. The first kappa shape index (κ1) is 10.9. The quantitative estimate of drug-likeness (QED) is 0.520. The van der Waals surface area contributed by atoms with Crippen molar-refractivity contribution in [2.75, 3.05) is 12.3 Å². The third kappa shape index (κ3) is 2.38. The molecule has 3 unspecified atom stereocenters. The molecule has 0 bridgehead atoms. The van der Waals surface area contributed by atoms with Crippen molar-refractivity contribution < 1.29 is 0 Å². The summed E-state index contributed by atoms with van der Waals surface area (Å²) in [5, 5.41) is 8.07. The molecule has 4 heteroatoms. The van der Waals surface area contributed by atoms with E-state index < -0.39 is 0 Å². The summed E-state index contributed by atoms with van der Waals surface area (Å²) < 4.78 is 0. The highest BCUT2D eigenvalue weighted by molar-refractivity contribution is 8.00. The van der Waals surface area contributed by atoms with Crippen LogP contribution in [0.1, 0.15) is 20.8 Å². The average Bonchev–Trinajstić information content (AvgIpc) is 2.08. The lowest BCUT2D eigenvalue weighted by Crippen LogP contribution is -2.53. The topological polar surface area (TPSA) is 53.1 Å². The van der Waals surface area contributed by atoms with E-state index in [1.54, 1.807) is 0 Å². The normalized spacial score (nSPS) is 32.8. The van der Waals surface area contributed by atoms with Crippen molar-refractivity contribution in [3.05, 3.63) is 0 Å². The predicted molar refractivity (Wildman–Crippen MR) is 59.5 cm³/mol. The van der Waals surface area contributed by atoms with Crippen molar-refractivity contribution >= 4 is 17.6 Å². The lowest BCUT2D eigenvalue weighted by atomic mass is 10.1. The van der Waals surface area contributed by atoms with E-state index in [1.807, 2.05) is 18.7 Å². The van der Waals surface area contributed by atoms with Crippen LogP contribution in [-0.2, 0) is 0 Å². The minimum atomic E-state index is 0.0957. The Morgan fingerprint density at radius 2 is 2.23 bits per heavy atom. The zero-order valence-corrected chi connectivity index (χ0v) is 9.40. The van der Waals surface area contributed by atoms with Crippen molar-refractivity contribution in [1.82, 2.24) is 4.90 Å². The summed E-state index contributed by atoms with van der Waals surface area (Å²) in [4.78, 5) is 2.32. The van der Waals surface area contributed by atoms with E-state index in [9.17, 15) is 0 Å². The van der Waals surface area contributed by atoms with Gasteiger partial charge in [-0.05, 0) is 13.8 Å². The summed E-state index contributed by atoms with van der Waals surface area (Å²) in [5.41, 5.74) is 5.51. The van der Waals surface area contributed by atoms with Gasteiger partial charge in [0.1, 0.15) is 5.84 Å². The van der Waals surface area contributed by atoms with Gasteiger partial charge < -0.3 is 5.73 Å². The highest BCUT2D eigenvalue weighted by atomic mass is 32.2. The van der Waals surface area contributed by atoms with Gasteiger partial charge in [-0.2, -0.15) is 11.8 Å². The van der Waals surface area contributed by atoms with E-state index in [0.717, 1.165) is 12.3 Å². The van der Waals surface area contributed by atoms with Gasteiger partial charge in [-0.15, -0.1) is 0 Å². The molecular formula is C9H19N3S. The SMILES string of the molecule is CC1SCCN(C(C)C(=N)N)C1C. The largest absolute Gasteiger partial charge is 0.386 e. The van der Waals surface area contributed by atoms with E-state index in [0.29, 0.717) is 11.3 Å². The third-order valence-corrected chi connectivity index (χ3v) is 4.22. The molecule has 0 spiro atoms. The Bertz CT molecular complexity index is 195. The maximum atomic E-state index is 7.42. The first-order valence-electron chi connectivity index (χ1n) is 4.75. The molecule has 1 rings (SSSR count). The standard InChI is InChI=1S/C9H19N3S/c1-6-8(3)13-5-4-12(6)7(2)9(10)11/h6-8H,4-5H2,1-3H3,(H3,10,11). The first-order valence-corrected chi connectivity index (χ1v) is 5.80. The molecule has 0 radical (unpaired) electrons. The van der Waals surface area contributed by atoms with Gasteiger partial charge in [0.15, 0.2) is 0 Å².